The molecule has 0 spiro atoms. The molecule has 6 nitrogen and oxygen atoms in total. The van der Waals surface area contributed by atoms with Crippen molar-refractivity contribution in [1.82, 2.24) is 9.80 Å². The van der Waals surface area contributed by atoms with Crippen molar-refractivity contribution in [2.45, 2.75) is 0 Å². The minimum Gasteiger partial charge on any atom is -0.359 e. The van der Waals surface area contributed by atoms with Crippen LogP contribution in [0.4, 0.5) is 38.5 Å². The molecule has 0 aromatic heterocycles. The zero-order chi connectivity index (χ0) is 21.4. The summed E-state index contributed by atoms with van der Waals surface area (Å²) in [6.07, 6.45) is 0. The second kappa shape index (κ2) is 12.1. The van der Waals surface area contributed by atoms with Gasteiger partial charge in [-0.3, -0.25) is 0 Å². The van der Waals surface area contributed by atoms with Crippen LogP contribution in [0, 0.1) is 35.4 Å². The summed E-state index contributed by atoms with van der Waals surface area (Å²) in [6.45, 7) is 0. The quantitative estimate of drug-likeness (QED) is 0.420. The molecule has 4 amide bonds. The van der Waals surface area contributed by atoms with Gasteiger partial charge < -0.3 is 20.4 Å². The van der Waals surface area contributed by atoms with Crippen LogP contribution in [0.15, 0.2) is 24.3 Å². The smallest absolute Gasteiger partial charge is 0.359 e. The fourth-order valence-electron chi connectivity index (χ4n) is 1.53. The SMILES string of the molecule is CN(C)C(=O)Nc1ccc(F)[c-]c1F.CN(C)C(=O)Nc1ccc(F)[c-]c1F.[Ti+2]. The van der Waals surface area contributed by atoms with Crippen molar-refractivity contribution < 1.29 is 48.9 Å². The molecular formula is C18H18F4N4O2Ti. The minimum atomic E-state index is -0.916. The summed E-state index contributed by atoms with van der Waals surface area (Å²) in [5, 5.41) is 4.50. The summed E-state index contributed by atoms with van der Waals surface area (Å²) >= 11 is 0. The molecule has 0 atom stereocenters. The van der Waals surface area contributed by atoms with E-state index in [0.29, 0.717) is 0 Å². The number of benzene rings is 2. The fraction of sp³-hybridized carbons (Fsp3) is 0.222. The van der Waals surface area contributed by atoms with Gasteiger partial charge in [-0.2, -0.15) is 0 Å². The van der Waals surface area contributed by atoms with Crippen LogP contribution < -0.4 is 10.6 Å². The molecule has 0 heterocycles. The van der Waals surface area contributed by atoms with E-state index >= 15 is 0 Å². The molecular weight excluding hydrogens is 428 g/mol. The Morgan fingerprint density at radius 1 is 0.724 bits per heavy atom. The number of carbonyl (C=O) groups is 2. The Kier molecular flexibility index (Phi) is 11.0. The van der Waals surface area contributed by atoms with Crippen LogP contribution in [0.2, 0.25) is 0 Å². The van der Waals surface area contributed by atoms with Crippen molar-refractivity contribution in [1.29, 1.82) is 0 Å². The number of halogens is 4. The topological polar surface area (TPSA) is 64.7 Å². The van der Waals surface area contributed by atoms with Gasteiger partial charge in [-0.1, -0.05) is 0 Å². The van der Waals surface area contributed by atoms with Crippen LogP contribution in [0.1, 0.15) is 0 Å². The molecule has 0 fully saturated rings. The molecule has 0 saturated carbocycles. The van der Waals surface area contributed by atoms with Crippen LogP contribution in [-0.2, 0) is 21.7 Å². The summed E-state index contributed by atoms with van der Waals surface area (Å²) < 4.78 is 50.7. The fourth-order valence-corrected chi connectivity index (χ4v) is 1.53. The van der Waals surface area contributed by atoms with Crippen molar-refractivity contribution in [3.8, 4) is 0 Å². The van der Waals surface area contributed by atoms with Crippen molar-refractivity contribution in [2.24, 2.45) is 0 Å². The van der Waals surface area contributed by atoms with E-state index in [1.807, 2.05) is 12.1 Å². The largest absolute Gasteiger partial charge is 2.00 e. The third kappa shape index (κ3) is 8.97. The monoisotopic (exact) mass is 446 g/mol. The molecule has 0 unspecified atom stereocenters. The molecule has 0 saturated heterocycles. The second-order valence-corrected chi connectivity index (χ2v) is 5.72. The van der Waals surface area contributed by atoms with Gasteiger partial charge in [0.05, 0.1) is 0 Å². The maximum absolute atomic E-state index is 12.9. The van der Waals surface area contributed by atoms with Crippen molar-refractivity contribution >= 4 is 23.4 Å². The predicted octanol–water partition coefficient (Wildman–Crippen LogP) is 3.71. The van der Waals surface area contributed by atoms with E-state index in [1.165, 1.54) is 38.0 Å². The standard InChI is InChI=1S/2C9H9F2N2O.Ti/c2*1-13(2)9(14)12-8-4-3-6(10)5-7(8)11;/h2*3-4H,1-2H3,(H,12,14);/q2*-1;+2. The average molecular weight is 446 g/mol. The molecule has 0 aliphatic rings. The molecule has 2 aromatic carbocycles. The van der Waals surface area contributed by atoms with Crippen LogP contribution in [0.25, 0.3) is 0 Å². The van der Waals surface area contributed by atoms with Gasteiger partial charge in [0, 0.05) is 51.5 Å². The molecule has 2 rings (SSSR count). The molecule has 11 heteroatoms. The van der Waals surface area contributed by atoms with E-state index in [2.05, 4.69) is 10.6 Å². The first-order valence-corrected chi connectivity index (χ1v) is 7.72. The molecule has 2 aromatic rings. The van der Waals surface area contributed by atoms with Gasteiger partial charge in [0.25, 0.3) is 0 Å². The third-order valence-electron chi connectivity index (χ3n) is 3.02. The normalized spacial score (nSPS) is 9.38. The first-order valence-electron chi connectivity index (χ1n) is 7.72. The number of hydrogen-bond donors (Lipinski definition) is 2. The number of amides is 4. The first kappa shape index (κ1) is 26.4. The zero-order valence-corrected chi connectivity index (χ0v) is 17.6. The van der Waals surface area contributed by atoms with E-state index in [4.69, 9.17) is 0 Å². The number of anilines is 2. The summed E-state index contributed by atoms with van der Waals surface area (Å²) in [5.41, 5.74) is -0.185. The number of urea groups is 2. The maximum atomic E-state index is 12.9. The molecule has 0 radical (unpaired) electrons. The summed E-state index contributed by atoms with van der Waals surface area (Å²) in [7, 11) is 6.06. The Morgan fingerprint density at radius 3 is 1.28 bits per heavy atom. The third-order valence-corrected chi connectivity index (χ3v) is 3.02. The van der Waals surface area contributed by atoms with E-state index in [0.717, 1.165) is 24.3 Å². The second-order valence-electron chi connectivity index (χ2n) is 5.72. The minimum absolute atomic E-state index is 0. The Labute approximate surface area is 180 Å². The number of rotatable bonds is 2. The predicted molar refractivity (Wildman–Crippen MR) is 95.8 cm³/mol. The van der Waals surface area contributed by atoms with Gasteiger partial charge in [0.15, 0.2) is 0 Å². The summed E-state index contributed by atoms with van der Waals surface area (Å²) in [6, 6.07) is 7.00. The molecule has 0 bridgehead atoms. The Bertz CT molecular complexity index is 781. The van der Waals surface area contributed by atoms with E-state index < -0.39 is 35.3 Å². The van der Waals surface area contributed by atoms with Gasteiger partial charge >= 0.3 is 33.8 Å². The molecule has 0 aliphatic heterocycles. The Hall–Kier alpha value is -2.59. The molecule has 29 heavy (non-hydrogen) atoms. The van der Waals surface area contributed by atoms with Crippen LogP contribution >= 0.6 is 0 Å². The van der Waals surface area contributed by atoms with Crippen LogP contribution in [0.5, 0.6) is 0 Å². The first-order chi connectivity index (χ1) is 13.0. The van der Waals surface area contributed by atoms with Gasteiger partial charge in [-0.25, -0.2) is 27.2 Å². The van der Waals surface area contributed by atoms with Gasteiger partial charge in [0.1, 0.15) is 0 Å². The zero-order valence-electron chi connectivity index (χ0n) is 16.0. The van der Waals surface area contributed by atoms with Crippen LogP contribution in [0.3, 0.4) is 0 Å². The average Bonchev–Trinajstić information content (AvgIpc) is 2.60. The number of nitrogens with one attached hydrogen (secondary N) is 2. The molecule has 154 valence electrons. The van der Waals surface area contributed by atoms with E-state index in [1.54, 1.807) is 0 Å². The summed E-state index contributed by atoms with van der Waals surface area (Å²) in [5.74, 6) is -3.43. The number of nitrogens with zero attached hydrogens (tertiary/aromatic N) is 2. The van der Waals surface area contributed by atoms with Crippen molar-refractivity contribution in [2.75, 3.05) is 38.8 Å². The summed E-state index contributed by atoms with van der Waals surface area (Å²) in [4.78, 5) is 24.7. The maximum Gasteiger partial charge on any atom is 2.00 e. The number of hydrogen-bond acceptors (Lipinski definition) is 2. The Balaban J connectivity index is 0.000000523. The van der Waals surface area contributed by atoms with E-state index in [-0.39, 0.29) is 33.1 Å². The van der Waals surface area contributed by atoms with Crippen molar-refractivity contribution in [3.63, 3.8) is 0 Å². The van der Waals surface area contributed by atoms with Gasteiger partial charge in [-0.15, -0.1) is 36.4 Å². The Morgan fingerprint density at radius 2 is 1.03 bits per heavy atom. The van der Waals surface area contributed by atoms with E-state index in [9.17, 15) is 27.2 Å². The molecule has 2 N–H and O–H groups in total. The molecule has 0 aliphatic carbocycles. The van der Waals surface area contributed by atoms with Gasteiger partial charge in [0.2, 0.25) is 0 Å². The number of carbonyl (C=O) groups excluding carboxylic acids is 2. The van der Waals surface area contributed by atoms with Crippen molar-refractivity contribution in [3.05, 3.63) is 59.7 Å². The van der Waals surface area contributed by atoms with Gasteiger partial charge in [-0.05, 0) is 11.4 Å². The van der Waals surface area contributed by atoms with Crippen LogP contribution in [-0.4, -0.2) is 50.1 Å².